The molecular weight excluding hydrogens is 328 g/mol. The van der Waals surface area contributed by atoms with Crippen molar-refractivity contribution in [2.45, 2.75) is 37.3 Å². The van der Waals surface area contributed by atoms with Gasteiger partial charge in [-0.15, -0.1) is 0 Å². The minimum absolute atomic E-state index is 0.101. The Bertz CT molecular complexity index is 570. The van der Waals surface area contributed by atoms with Gasteiger partial charge in [0.25, 0.3) is 0 Å². The highest BCUT2D eigenvalue weighted by Gasteiger charge is 2.49. The molecule has 0 radical (unpaired) electrons. The lowest BCUT2D eigenvalue weighted by Gasteiger charge is -2.47. The molecule has 5 heteroatoms. The predicted molar refractivity (Wildman–Crippen MR) is 89.7 cm³/mol. The van der Waals surface area contributed by atoms with Crippen molar-refractivity contribution in [2.75, 3.05) is 24.5 Å². The molecule has 2 fully saturated rings. The topological polar surface area (TPSA) is 44.9 Å². The average molecular weight is 349 g/mol. The van der Waals surface area contributed by atoms with Crippen LogP contribution in [0, 0.1) is 0 Å². The first-order valence-electron chi connectivity index (χ1n) is 7.78. The Morgan fingerprint density at radius 2 is 2.05 bits per heavy atom. The van der Waals surface area contributed by atoms with Gasteiger partial charge in [-0.1, -0.05) is 15.9 Å². The Balaban J connectivity index is 1.66. The molecule has 1 aromatic carbocycles. The fourth-order valence-electron chi connectivity index (χ4n) is 4.27. The van der Waals surface area contributed by atoms with Crippen LogP contribution in [0.15, 0.2) is 33.7 Å². The third kappa shape index (κ3) is 2.18. The summed E-state index contributed by atoms with van der Waals surface area (Å²) in [6.07, 6.45) is 5.02. The molecule has 3 heterocycles. The summed E-state index contributed by atoms with van der Waals surface area (Å²) >= 11 is 3.51. The first kappa shape index (κ1) is 13.6. The lowest BCUT2D eigenvalue weighted by atomic mass is 9.82. The molecule has 2 atom stereocenters. The molecule has 0 aliphatic carbocycles. The molecule has 21 heavy (non-hydrogen) atoms. The summed E-state index contributed by atoms with van der Waals surface area (Å²) in [5.74, 6) is 0.684. The van der Waals surface area contributed by atoms with Crippen LogP contribution in [0.3, 0.4) is 0 Å². The minimum Gasteiger partial charge on any atom is -0.369 e. The van der Waals surface area contributed by atoms with Gasteiger partial charge in [0.15, 0.2) is 5.96 Å². The SMILES string of the molecule is NC1=NCC2(CCN3CCCC3C2)N1c1ccc(Br)cc1. The van der Waals surface area contributed by atoms with E-state index in [9.17, 15) is 0 Å². The van der Waals surface area contributed by atoms with E-state index in [2.05, 4.69) is 55.0 Å². The van der Waals surface area contributed by atoms with Gasteiger partial charge in [-0.3, -0.25) is 4.99 Å². The largest absolute Gasteiger partial charge is 0.369 e. The van der Waals surface area contributed by atoms with Gasteiger partial charge in [0.1, 0.15) is 0 Å². The number of fused-ring (bicyclic) bond motifs is 1. The number of hydrogen-bond donors (Lipinski definition) is 1. The molecule has 2 saturated heterocycles. The molecule has 0 saturated carbocycles. The minimum atomic E-state index is 0.101. The van der Waals surface area contributed by atoms with Crippen LogP contribution in [0.4, 0.5) is 5.69 Å². The van der Waals surface area contributed by atoms with Crippen LogP contribution in [0.25, 0.3) is 0 Å². The van der Waals surface area contributed by atoms with Crippen molar-refractivity contribution in [3.05, 3.63) is 28.7 Å². The summed E-state index contributed by atoms with van der Waals surface area (Å²) in [5, 5.41) is 0. The van der Waals surface area contributed by atoms with Gasteiger partial charge in [-0.2, -0.15) is 0 Å². The second-order valence-electron chi connectivity index (χ2n) is 6.50. The molecule has 1 spiro atoms. The maximum atomic E-state index is 6.24. The second-order valence-corrected chi connectivity index (χ2v) is 7.41. The number of guanidine groups is 1. The van der Waals surface area contributed by atoms with Crippen molar-refractivity contribution in [3.63, 3.8) is 0 Å². The number of hydrogen-bond acceptors (Lipinski definition) is 4. The number of aliphatic imine (C=N–C) groups is 1. The molecule has 4 rings (SSSR count). The van der Waals surface area contributed by atoms with Gasteiger partial charge in [0.2, 0.25) is 0 Å². The molecule has 2 N–H and O–H groups in total. The standard InChI is InChI=1S/C16H21BrN4/c17-12-3-5-13(6-4-12)21-15(18)19-11-16(21)7-9-20-8-1-2-14(20)10-16/h3-6,14H,1-2,7-11H2,(H2,18,19). The number of anilines is 1. The van der Waals surface area contributed by atoms with Crippen LogP contribution >= 0.6 is 15.9 Å². The molecule has 112 valence electrons. The number of piperidine rings is 1. The van der Waals surface area contributed by atoms with E-state index in [1.54, 1.807) is 0 Å². The van der Waals surface area contributed by atoms with Crippen molar-refractivity contribution in [3.8, 4) is 0 Å². The van der Waals surface area contributed by atoms with E-state index < -0.39 is 0 Å². The molecule has 3 aliphatic heterocycles. The fraction of sp³-hybridized carbons (Fsp3) is 0.562. The van der Waals surface area contributed by atoms with Crippen LogP contribution in [-0.2, 0) is 0 Å². The Kier molecular flexibility index (Phi) is 3.23. The van der Waals surface area contributed by atoms with Crippen LogP contribution < -0.4 is 10.6 Å². The lowest BCUT2D eigenvalue weighted by molar-refractivity contribution is 0.140. The molecule has 4 nitrogen and oxygen atoms in total. The van der Waals surface area contributed by atoms with Crippen molar-refractivity contribution in [1.29, 1.82) is 0 Å². The van der Waals surface area contributed by atoms with Crippen molar-refractivity contribution >= 4 is 27.6 Å². The smallest absolute Gasteiger partial charge is 0.196 e. The van der Waals surface area contributed by atoms with Gasteiger partial charge in [-0.25, -0.2) is 0 Å². The number of nitrogens with zero attached hydrogens (tertiary/aromatic N) is 3. The monoisotopic (exact) mass is 348 g/mol. The molecule has 0 bridgehead atoms. The van der Waals surface area contributed by atoms with Gasteiger partial charge in [0, 0.05) is 22.7 Å². The van der Waals surface area contributed by atoms with E-state index in [-0.39, 0.29) is 5.54 Å². The maximum Gasteiger partial charge on any atom is 0.196 e. The first-order valence-corrected chi connectivity index (χ1v) is 8.57. The van der Waals surface area contributed by atoms with Gasteiger partial charge >= 0.3 is 0 Å². The Labute approximate surface area is 134 Å². The zero-order chi connectivity index (χ0) is 14.4. The molecular formula is C16H21BrN4. The Morgan fingerprint density at radius 1 is 1.24 bits per heavy atom. The quantitative estimate of drug-likeness (QED) is 0.848. The van der Waals surface area contributed by atoms with Crippen LogP contribution in [-0.4, -0.2) is 42.1 Å². The Hall–Kier alpha value is -1.07. The van der Waals surface area contributed by atoms with E-state index in [0.29, 0.717) is 5.96 Å². The number of benzene rings is 1. The summed E-state index contributed by atoms with van der Waals surface area (Å²) < 4.78 is 1.10. The highest BCUT2D eigenvalue weighted by atomic mass is 79.9. The van der Waals surface area contributed by atoms with E-state index in [4.69, 9.17) is 5.73 Å². The molecule has 1 aromatic rings. The highest BCUT2D eigenvalue weighted by Crippen LogP contribution is 2.41. The summed E-state index contributed by atoms with van der Waals surface area (Å²) in [6, 6.07) is 9.16. The fourth-order valence-corrected chi connectivity index (χ4v) is 4.53. The zero-order valence-corrected chi connectivity index (χ0v) is 13.7. The van der Waals surface area contributed by atoms with Crippen LogP contribution in [0.5, 0.6) is 0 Å². The molecule has 2 unspecified atom stereocenters. The summed E-state index contributed by atoms with van der Waals surface area (Å²) in [7, 11) is 0. The van der Waals surface area contributed by atoms with E-state index >= 15 is 0 Å². The van der Waals surface area contributed by atoms with Crippen molar-refractivity contribution in [2.24, 2.45) is 10.7 Å². The third-order valence-electron chi connectivity index (χ3n) is 5.30. The van der Waals surface area contributed by atoms with Gasteiger partial charge in [0.05, 0.1) is 12.1 Å². The van der Waals surface area contributed by atoms with E-state index in [0.717, 1.165) is 23.5 Å². The summed E-state index contributed by atoms with van der Waals surface area (Å²) in [4.78, 5) is 9.55. The van der Waals surface area contributed by atoms with Crippen LogP contribution in [0.2, 0.25) is 0 Å². The van der Waals surface area contributed by atoms with Gasteiger partial charge in [-0.05, 0) is 56.5 Å². The molecule has 0 aromatic heterocycles. The van der Waals surface area contributed by atoms with Crippen molar-refractivity contribution in [1.82, 2.24) is 4.90 Å². The number of rotatable bonds is 1. The molecule has 0 amide bonds. The third-order valence-corrected chi connectivity index (χ3v) is 5.83. The molecule has 3 aliphatic rings. The van der Waals surface area contributed by atoms with Crippen molar-refractivity contribution < 1.29 is 0 Å². The van der Waals surface area contributed by atoms with E-state index in [1.165, 1.54) is 38.0 Å². The number of nitrogens with two attached hydrogens (primary N) is 1. The summed E-state index contributed by atoms with van der Waals surface area (Å²) in [6.45, 7) is 3.30. The normalized spacial score (nSPS) is 32.5. The second kappa shape index (κ2) is 4.99. The average Bonchev–Trinajstić information content (AvgIpc) is 3.06. The van der Waals surface area contributed by atoms with E-state index in [1.807, 2.05) is 0 Å². The number of halogens is 1. The lowest BCUT2D eigenvalue weighted by Crippen LogP contribution is -2.59. The predicted octanol–water partition coefficient (Wildman–Crippen LogP) is 2.58. The van der Waals surface area contributed by atoms with Crippen LogP contribution in [0.1, 0.15) is 25.7 Å². The highest BCUT2D eigenvalue weighted by molar-refractivity contribution is 9.10. The Morgan fingerprint density at radius 3 is 2.86 bits per heavy atom. The first-order chi connectivity index (χ1) is 10.2. The zero-order valence-electron chi connectivity index (χ0n) is 12.1. The summed E-state index contributed by atoms with van der Waals surface area (Å²) in [5.41, 5.74) is 7.51. The van der Waals surface area contributed by atoms with Gasteiger partial charge < -0.3 is 15.5 Å². The maximum absolute atomic E-state index is 6.24.